The summed E-state index contributed by atoms with van der Waals surface area (Å²) < 4.78 is 4.78. The number of aliphatic hydroxyl groups is 4. The molecule has 0 unspecified atom stereocenters. The van der Waals surface area contributed by atoms with Crippen LogP contribution in [0, 0.1) is 6.61 Å². The summed E-state index contributed by atoms with van der Waals surface area (Å²) in [4.78, 5) is 10.7. The van der Waals surface area contributed by atoms with Crippen molar-refractivity contribution in [2.45, 2.75) is 31.0 Å². The summed E-state index contributed by atoms with van der Waals surface area (Å²) in [5.74, 6) is -0.592. The Hall–Kier alpha value is -0.730. The molecule has 1 fully saturated rings. The highest BCUT2D eigenvalue weighted by Crippen LogP contribution is 2.25. The molecule has 0 aromatic carbocycles. The Morgan fingerprint density at radius 2 is 2.20 bits per heavy atom. The van der Waals surface area contributed by atoms with Gasteiger partial charge in [0, 0.05) is 6.92 Å². The van der Waals surface area contributed by atoms with E-state index in [9.17, 15) is 20.1 Å². The molecule has 1 amide bonds. The second-order valence-corrected chi connectivity index (χ2v) is 3.42. The molecule has 1 heterocycles. The van der Waals surface area contributed by atoms with Crippen LogP contribution in [-0.2, 0) is 9.53 Å². The molecule has 0 bridgehead atoms. The lowest BCUT2D eigenvalue weighted by molar-refractivity contribution is -0.222. The van der Waals surface area contributed by atoms with Crippen LogP contribution in [0.3, 0.4) is 0 Å². The third-order valence-corrected chi connectivity index (χ3v) is 2.13. The zero-order valence-electron chi connectivity index (χ0n) is 8.12. The molecule has 4 atom stereocenters. The number of hydrogen-bond donors (Lipinski definition) is 5. The van der Waals surface area contributed by atoms with Crippen molar-refractivity contribution in [1.82, 2.24) is 5.32 Å². The molecule has 1 rings (SSSR count). The predicted molar refractivity (Wildman–Crippen MR) is 47.0 cm³/mol. The Balaban J connectivity index is 2.74. The number of carbonyl (C=O) groups excluding carboxylic acids is 1. The summed E-state index contributed by atoms with van der Waals surface area (Å²) in [6, 6.07) is 0. The summed E-state index contributed by atoms with van der Waals surface area (Å²) in [6.45, 7) is 1.42. The van der Waals surface area contributed by atoms with Crippen molar-refractivity contribution in [3.63, 3.8) is 0 Å². The number of ether oxygens (including phenoxy) is 1. The maximum atomic E-state index is 10.7. The van der Waals surface area contributed by atoms with Crippen LogP contribution in [0.2, 0.25) is 0 Å². The topological polar surface area (TPSA) is 119 Å². The number of nitrogens with one attached hydrogen (secondary N) is 1. The first kappa shape index (κ1) is 12.3. The van der Waals surface area contributed by atoms with Crippen molar-refractivity contribution < 1.29 is 30.0 Å². The van der Waals surface area contributed by atoms with Crippen LogP contribution in [-0.4, -0.2) is 57.0 Å². The molecular formula is C8H14NO6. The summed E-state index contributed by atoms with van der Waals surface area (Å²) in [5.41, 5.74) is -2.14. The first-order valence-corrected chi connectivity index (χ1v) is 4.38. The molecule has 1 radical (unpaired) electrons. The zero-order valence-corrected chi connectivity index (χ0v) is 8.12. The summed E-state index contributed by atoms with van der Waals surface area (Å²) in [7, 11) is 0. The van der Waals surface area contributed by atoms with Crippen LogP contribution in [0.4, 0.5) is 0 Å². The van der Waals surface area contributed by atoms with Crippen LogP contribution < -0.4 is 5.32 Å². The van der Waals surface area contributed by atoms with Gasteiger partial charge in [0.05, 0.1) is 6.61 Å². The minimum Gasteiger partial charge on any atom is -0.394 e. The molecule has 7 heteroatoms. The van der Waals surface area contributed by atoms with Crippen molar-refractivity contribution >= 4 is 5.91 Å². The Morgan fingerprint density at radius 1 is 1.60 bits per heavy atom. The summed E-state index contributed by atoms with van der Waals surface area (Å²) >= 11 is 0. The first-order chi connectivity index (χ1) is 6.90. The van der Waals surface area contributed by atoms with Gasteiger partial charge in [-0.3, -0.25) is 4.79 Å². The number of carbonyl (C=O) groups is 1. The number of aliphatic hydroxyl groups excluding tert-OH is 3. The SMILES string of the molecule is CC(=O)N[C@]1(O)[CH]O[C@H](CO)[C@H](O)[C@@H]1O. The highest BCUT2D eigenvalue weighted by Gasteiger charge is 2.49. The highest BCUT2D eigenvalue weighted by atomic mass is 16.5. The van der Waals surface area contributed by atoms with Gasteiger partial charge < -0.3 is 30.5 Å². The van der Waals surface area contributed by atoms with Crippen LogP contribution >= 0.6 is 0 Å². The Kier molecular flexibility index (Phi) is 3.63. The molecular weight excluding hydrogens is 206 g/mol. The van der Waals surface area contributed by atoms with E-state index in [1.807, 2.05) is 5.32 Å². The van der Waals surface area contributed by atoms with Gasteiger partial charge in [-0.05, 0) is 0 Å². The van der Waals surface area contributed by atoms with Gasteiger partial charge >= 0.3 is 0 Å². The summed E-state index contributed by atoms with van der Waals surface area (Å²) in [6.07, 6.45) is -4.17. The molecule has 0 aromatic heterocycles. The Morgan fingerprint density at radius 3 is 2.67 bits per heavy atom. The van der Waals surface area contributed by atoms with Crippen molar-refractivity contribution in [2.75, 3.05) is 6.61 Å². The molecule has 15 heavy (non-hydrogen) atoms. The molecule has 0 aromatic rings. The minimum atomic E-state index is -2.14. The van der Waals surface area contributed by atoms with Crippen LogP contribution in [0.25, 0.3) is 0 Å². The number of rotatable bonds is 2. The van der Waals surface area contributed by atoms with Crippen LogP contribution in [0.1, 0.15) is 6.92 Å². The molecule has 0 aliphatic carbocycles. The van der Waals surface area contributed by atoms with Gasteiger partial charge in [0.1, 0.15) is 24.9 Å². The Bertz CT molecular complexity index is 247. The smallest absolute Gasteiger partial charge is 0.219 e. The van der Waals surface area contributed by atoms with Crippen molar-refractivity contribution in [2.24, 2.45) is 0 Å². The van der Waals surface area contributed by atoms with Gasteiger partial charge in [-0.2, -0.15) is 0 Å². The van der Waals surface area contributed by atoms with Gasteiger partial charge in [0.25, 0.3) is 0 Å². The van der Waals surface area contributed by atoms with Gasteiger partial charge in [-0.1, -0.05) is 0 Å². The van der Waals surface area contributed by atoms with Gasteiger partial charge in [-0.15, -0.1) is 0 Å². The third-order valence-electron chi connectivity index (χ3n) is 2.13. The van der Waals surface area contributed by atoms with E-state index in [0.29, 0.717) is 0 Å². The van der Waals surface area contributed by atoms with Gasteiger partial charge in [0.2, 0.25) is 5.91 Å². The quantitative estimate of drug-likeness (QED) is 0.318. The molecule has 5 N–H and O–H groups in total. The summed E-state index contributed by atoms with van der Waals surface area (Å²) in [5, 5.41) is 39.4. The number of amides is 1. The minimum absolute atomic E-state index is 0.509. The fourth-order valence-electron chi connectivity index (χ4n) is 1.34. The average molecular weight is 220 g/mol. The van der Waals surface area contributed by atoms with E-state index in [1.54, 1.807) is 0 Å². The molecule has 87 valence electrons. The molecule has 0 saturated carbocycles. The predicted octanol–water partition coefficient (Wildman–Crippen LogP) is -2.91. The lowest BCUT2D eigenvalue weighted by Crippen LogP contribution is -2.66. The second kappa shape index (κ2) is 4.42. The van der Waals surface area contributed by atoms with E-state index in [2.05, 4.69) is 0 Å². The van der Waals surface area contributed by atoms with Crippen LogP contribution in [0.15, 0.2) is 0 Å². The normalized spacial score (nSPS) is 41.3. The maximum Gasteiger partial charge on any atom is 0.219 e. The fraction of sp³-hybridized carbons (Fsp3) is 0.750. The lowest BCUT2D eigenvalue weighted by atomic mass is 9.95. The largest absolute Gasteiger partial charge is 0.394 e. The first-order valence-electron chi connectivity index (χ1n) is 4.38. The number of hydrogen-bond acceptors (Lipinski definition) is 6. The van der Waals surface area contributed by atoms with E-state index < -0.39 is 36.6 Å². The van der Waals surface area contributed by atoms with Crippen molar-refractivity contribution in [1.29, 1.82) is 0 Å². The van der Waals surface area contributed by atoms with E-state index in [4.69, 9.17) is 9.84 Å². The monoisotopic (exact) mass is 220 g/mol. The fourth-order valence-corrected chi connectivity index (χ4v) is 1.34. The molecule has 0 spiro atoms. The van der Waals surface area contributed by atoms with Crippen molar-refractivity contribution in [3.8, 4) is 0 Å². The van der Waals surface area contributed by atoms with E-state index in [1.165, 1.54) is 0 Å². The standard InChI is InChI=1S/C8H14NO6/c1-4(11)9-8(14)3-15-5(2-10)6(12)7(8)13/h3,5-7,10,12-14H,2H2,1H3,(H,9,11)/t5-,6+,7+,8+/m1/s1. The zero-order chi connectivity index (χ0) is 11.6. The second-order valence-electron chi connectivity index (χ2n) is 3.42. The Labute approximate surface area is 86.3 Å². The maximum absolute atomic E-state index is 10.7. The molecule has 1 saturated heterocycles. The van der Waals surface area contributed by atoms with Crippen LogP contribution in [0.5, 0.6) is 0 Å². The van der Waals surface area contributed by atoms with Gasteiger partial charge in [0.15, 0.2) is 5.72 Å². The van der Waals surface area contributed by atoms with Crippen molar-refractivity contribution in [3.05, 3.63) is 6.61 Å². The van der Waals surface area contributed by atoms with Gasteiger partial charge in [-0.25, -0.2) is 0 Å². The van der Waals surface area contributed by atoms with E-state index in [-0.39, 0.29) is 0 Å². The average Bonchev–Trinajstić information content (AvgIpc) is 2.14. The molecule has 1 aliphatic heterocycles. The molecule has 1 aliphatic rings. The van der Waals surface area contributed by atoms with E-state index >= 15 is 0 Å². The molecule has 7 nitrogen and oxygen atoms in total. The van der Waals surface area contributed by atoms with E-state index in [0.717, 1.165) is 13.5 Å². The third kappa shape index (κ3) is 2.44. The lowest BCUT2D eigenvalue weighted by Gasteiger charge is -2.42. The highest BCUT2D eigenvalue weighted by molar-refractivity contribution is 5.73.